The first-order valence-corrected chi connectivity index (χ1v) is 4.95. The molecule has 0 saturated heterocycles. The predicted molar refractivity (Wildman–Crippen MR) is 54.8 cm³/mol. The second kappa shape index (κ2) is 4.89. The van der Waals surface area contributed by atoms with Crippen molar-refractivity contribution in [2.75, 3.05) is 0 Å². The lowest BCUT2D eigenvalue weighted by molar-refractivity contribution is 0.0923. The van der Waals surface area contributed by atoms with Crippen molar-refractivity contribution in [1.29, 1.82) is 0 Å². The Morgan fingerprint density at radius 2 is 1.93 bits per heavy atom. The van der Waals surface area contributed by atoms with Crippen molar-refractivity contribution in [3.8, 4) is 0 Å². The summed E-state index contributed by atoms with van der Waals surface area (Å²) in [4.78, 5) is 11.7. The van der Waals surface area contributed by atoms with Crippen LogP contribution in [0.4, 0.5) is 4.39 Å². The van der Waals surface area contributed by atoms with Gasteiger partial charge in [0.2, 0.25) is 0 Å². The summed E-state index contributed by atoms with van der Waals surface area (Å²) in [7, 11) is 0. The normalized spacial score (nSPS) is 12.5. The molecule has 0 N–H and O–H groups in total. The Morgan fingerprint density at radius 1 is 1.36 bits per heavy atom. The number of halogens is 1. The molecule has 0 unspecified atom stereocenters. The second-order valence-electron chi connectivity index (χ2n) is 3.56. The molecule has 0 aromatic heterocycles. The summed E-state index contributed by atoms with van der Waals surface area (Å²) in [5.41, 5.74) is 0.604. The summed E-state index contributed by atoms with van der Waals surface area (Å²) in [6.07, 6.45) is 1.88. The van der Waals surface area contributed by atoms with Crippen molar-refractivity contribution in [2.24, 2.45) is 5.92 Å². The van der Waals surface area contributed by atoms with Crippen molar-refractivity contribution in [2.45, 2.75) is 26.7 Å². The molecule has 76 valence electrons. The van der Waals surface area contributed by atoms with Gasteiger partial charge in [-0.05, 0) is 30.7 Å². The van der Waals surface area contributed by atoms with Crippen LogP contribution >= 0.6 is 0 Å². The number of rotatable bonds is 4. The molecule has 0 fully saturated rings. The second-order valence-corrected chi connectivity index (χ2v) is 3.56. The van der Waals surface area contributed by atoms with E-state index in [1.54, 1.807) is 12.1 Å². The Bertz CT molecular complexity index is 303. The first-order valence-electron chi connectivity index (χ1n) is 4.95. The van der Waals surface area contributed by atoms with Crippen LogP contribution in [0.5, 0.6) is 0 Å². The van der Waals surface area contributed by atoms with Crippen LogP contribution in [0.15, 0.2) is 24.3 Å². The van der Waals surface area contributed by atoms with E-state index in [0.29, 0.717) is 5.56 Å². The number of carbonyl (C=O) groups is 1. The number of carbonyl (C=O) groups excluding carboxylic acids is 1. The van der Waals surface area contributed by atoms with Crippen molar-refractivity contribution < 1.29 is 9.18 Å². The molecular formula is C12H15FO. The average molecular weight is 194 g/mol. The third-order valence-electron chi connectivity index (χ3n) is 2.30. The molecule has 1 rings (SSSR count). The molecule has 0 aliphatic heterocycles. The predicted octanol–water partition coefficient (Wildman–Crippen LogP) is 3.44. The smallest absolute Gasteiger partial charge is 0.165 e. The van der Waals surface area contributed by atoms with E-state index in [4.69, 9.17) is 0 Å². The van der Waals surface area contributed by atoms with E-state index in [0.717, 1.165) is 12.8 Å². The summed E-state index contributed by atoms with van der Waals surface area (Å²) < 4.78 is 12.6. The van der Waals surface area contributed by atoms with Gasteiger partial charge in [-0.25, -0.2) is 4.39 Å². The van der Waals surface area contributed by atoms with E-state index in [-0.39, 0.29) is 17.5 Å². The summed E-state index contributed by atoms with van der Waals surface area (Å²) in [6, 6.07) is 5.74. The third-order valence-corrected chi connectivity index (χ3v) is 2.30. The Hall–Kier alpha value is -1.18. The molecule has 0 bridgehead atoms. The quantitative estimate of drug-likeness (QED) is 0.671. The highest BCUT2D eigenvalue weighted by Gasteiger charge is 2.13. The minimum Gasteiger partial charge on any atom is -0.294 e. The summed E-state index contributed by atoms with van der Waals surface area (Å²) in [5.74, 6) is -0.165. The molecule has 14 heavy (non-hydrogen) atoms. The molecular weight excluding hydrogens is 179 g/mol. The Morgan fingerprint density at radius 3 is 2.43 bits per heavy atom. The average Bonchev–Trinajstić information content (AvgIpc) is 2.18. The zero-order valence-electron chi connectivity index (χ0n) is 8.59. The van der Waals surface area contributed by atoms with Gasteiger partial charge in [0, 0.05) is 11.5 Å². The van der Waals surface area contributed by atoms with Gasteiger partial charge >= 0.3 is 0 Å². The van der Waals surface area contributed by atoms with Crippen LogP contribution < -0.4 is 0 Å². The highest BCUT2D eigenvalue weighted by molar-refractivity contribution is 5.97. The fraction of sp³-hybridized carbons (Fsp3) is 0.417. The zero-order valence-corrected chi connectivity index (χ0v) is 8.59. The maximum absolute atomic E-state index is 12.6. The fourth-order valence-electron chi connectivity index (χ4n) is 1.46. The molecule has 0 amide bonds. The monoisotopic (exact) mass is 194 g/mol. The van der Waals surface area contributed by atoms with Crippen LogP contribution in [-0.2, 0) is 0 Å². The molecule has 0 saturated carbocycles. The minimum atomic E-state index is -0.301. The van der Waals surface area contributed by atoms with Gasteiger partial charge in [0.25, 0.3) is 0 Å². The molecule has 1 aromatic rings. The molecule has 0 aliphatic carbocycles. The third kappa shape index (κ3) is 2.66. The SMILES string of the molecule is CCC[C@@H](C)C(=O)c1ccc(F)cc1. The Kier molecular flexibility index (Phi) is 3.81. The number of Topliss-reactive ketones (excluding diaryl/α,β-unsaturated/α-hetero) is 1. The number of benzene rings is 1. The van der Waals surface area contributed by atoms with Crippen LogP contribution in [0.2, 0.25) is 0 Å². The van der Waals surface area contributed by atoms with E-state index in [1.807, 2.05) is 6.92 Å². The zero-order chi connectivity index (χ0) is 10.6. The molecule has 0 spiro atoms. The van der Waals surface area contributed by atoms with Crippen molar-refractivity contribution in [3.63, 3.8) is 0 Å². The van der Waals surface area contributed by atoms with Gasteiger partial charge in [0.15, 0.2) is 5.78 Å². The van der Waals surface area contributed by atoms with Gasteiger partial charge in [-0.1, -0.05) is 20.3 Å². The van der Waals surface area contributed by atoms with Gasteiger partial charge in [0.05, 0.1) is 0 Å². The van der Waals surface area contributed by atoms with Crippen molar-refractivity contribution in [3.05, 3.63) is 35.6 Å². The molecule has 1 nitrogen and oxygen atoms in total. The van der Waals surface area contributed by atoms with Gasteiger partial charge in [-0.2, -0.15) is 0 Å². The standard InChI is InChI=1S/C12H15FO/c1-3-4-9(2)12(14)10-5-7-11(13)8-6-10/h5-9H,3-4H2,1-2H3/t9-/m1/s1. The maximum Gasteiger partial charge on any atom is 0.165 e. The fourth-order valence-corrected chi connectivity index (χ4v) is 1.46. The van der Waals surface area contributed by atoms with Crippen LogP contribution in [0.1, 0.15) is 37.0 Å². The lowest BCUT2D eigenvalue weighted by Gasteiger charge is -2.08. The number of hydrogen-bond donors (Lipinski definition) is 0. The highest BCUT2D eigenvalue weighted by Crippen LogP contribution is 2.13. The molecule has 1 aromatic carbocycles. The molecule has 2 heteroatoms. The Balaban J connectivity index is 2.74. The topological polar surface area (TPSA) is 17.1 Å². The van der Waals surface area contributed by atoms with Crippen molar-refractivity contribution >= 4 is 5.78 Å². The molecule has 0 radical (unpaired) electrons. The van der Waals surface area contributed by atoms with Gasteiger partial charge in [-0.3, -0.25) is 4.79 Å². The van der Waals surface area contributed by atoms with Crippen LogP contribution in [-0.4, -0.2) is 5.78 Å². The van der Waals surface area contributed by atoms with Gasteiger partial charge in [-0.15, -0.1) is 0 Å². The van der Waals surface area contributed by atoms with E-state index < -0.39 is 0 Å². The van der Waals surface area contributed by atoms with E-state index in [1.165, 1.54) is 12.1 Å². The lowest BCUT2D eigenvalue weighted by atomic mass is 9.95. The van der Waals surface area contributed by atoms with Crippen molar-refractivity contribution in [1.82, 2.24) is 0 Å². The van der Waals surface area contributed by atoms with Crippen LogP contribution in [0.3, 0.4) is 0 Å². The first-order chi connectivity index (χ1) is 6.65. The van der Waals surface area contributed by atoms with Gasteiger partial charge < -0.3 is 0 Å². The number of hydrogen-bond acceptors (Lipinski definition) is 1. The maximum atomic E-state index is 12.6. The van der Waals surface area contributed by atoms with Gasteiger partial charge in [0.1, 0.15) is 5.82 Å². The largest absolute Gasteiger partial charge is 0.294 e. The minimum absolute atomic E-state index is 0.0328. The Labute approximate surface area is 83.9 Å². The summed E-state index contributed by atoms with van der Waals surface area (Å²) in [6.45, 7) is 3.96. The summed E-state index contributed by atoms with van der Waals surface area (Å²) in [5, 5.41) is 0. The van der Waals surface area contributed by atoms with E-state index >= 15 is 0 Å². The molecule has 1 atom stereocenters. The molecule has 0 aliphatic rings. The summed E-state index contributed by atoms with van der Waals surface area (Å²) >= 11 is 0. The lowest BCUT2D eigenvalue weighted by Crippen LogP contribution is -2.10. The first kappa shape index (κ1) is 10.9. The number of ketones is 1. The van der Waals surface area contributed by atoms with Crippen LogP contribution in [0.25, 0.3) is 0 Å². The highest BCUT2D eigenvalue weighted by atomic mass is 19.1. The van der Waals surface area contributed by atoms with E-state index in [9.17, 15) is 9.18 Å². The van der Waals surface area contributed by atoms with E-state index in [2.05, 4.69) is 6.92 Å². The molecule has 0 heterocycles. The van der Waals surface area contributed by atoms with Crippen LogP contribution in [0, 0.1) is 11.7 Å².